The Morgan fingerprint density at radius 3 is 2.20 bits per heavy atom. The molecule has 10 heavy (non-hydrogen) atoms. The lowest BCUT2D eigenvalue weighted by molar-refractivity contribution is -0.109. The number of hydrogen-bond donors (Lipinski definition) is 0. The third-order valence-electron chi connectivity index (χ3n) is 0.621. The average Bonchev–Trinajstić information content (AvgIpc) is 1.59. The second-order valence-corrected chi connectivity index (χ2v) is 4.05. The van der Waals surface area contributed by atoms with Crippen LogP contribution in [0.5, 0.6) is 0 Å². The summed E-state index contributed by atoms with van der Waals surface area (Å²) in [6.45, 7) is 7.56. The van der Waals surface area contributed by atoms with Gasteiger partial charge in [0.05, 0.1) is 0 Å². The minimum atomic E-state index is 0.00243. The summed E-state index contributed by atoms with van der Waals surface area (Å²) < 4.78 is 0. The van der Waals surface area contributed by atoms with Crippen molar-refractivity contribution >= 4 is 16.9 Å². The van der Waals surface area contributed by atoms with E-state index in [1.165, 1.54) is 6.92 Å². The Balaban J connectivity index is 3.82. The van der Waals surface area contributed by atoms with Crippen molar-refractivity contribution < 1.29 is 4.79 Å². The van der Waals surface area contributed by atoms with Gasteiger partial charge in [0.15, 0.2) is 5.12 Å². The van der Waals surface area contributed by atoms with Gasteiger partial charge in [0.1, 0.15) is 0 Å². The maximum atomic E-state index is 10.4. The zero-order chi connectivity index (χ0) is 8.20. The quantitative estimate of drug-likeness (QED) is 0.500. The third-order valence-corrected chi connectivity index (χ3v) is 1.11. The Kier molecular flexibility index (Phi) is 3.52. The zero-order valence-electron chi connectivity index (χ0n) is 6.82. The molecular formula is C8H12OS. The van der Waals surface area contributed by atoms with E-state index >= 15 is 0 Å². The number of carbonyl (C=O) groups is 1. The van der Waals surface area contributed by atoms with Crippen LogP contribution in [0, 0.1) is 16.6 Å². The van der Waals surface area contributed by atoms with E-state index in [9.17, 15) is 4.79 Å². The van der Waals surface area contributed by atoms with Crippen molar-refractivity contribution in [2.24, 2.45) is 5.41 Å². The monoisotopic (exact) mass is 156 g/mol. The highest BCUT2D eigenvalue weighted by Gasteiger charge is 2.03. The highest BCUT2D eigenvalue weighted by molar-refractivity contribution is 8.17. The summed E-state index contributed by atoms with van der Waals surface area (Å²) in [6, 6.07) is 0. The zero-order valence-corrected chi connectivity index (χ0v) is 7.63. The second kappa shape index (κ2) is 3.68. The molecule has 0 rings (SSSR count). The molecular weight excluding hydrogens is 144 g/mol. The van der Waals surface area contributed by atoms with Gasteiger partial charge in [-0.1, -0.05) is 5.92 Å². The third kappa shape index (κ3) is 7.58. The maximum Gasteiger partial charge on any atom is 0.198 e. The van der Waals surface area contributed by atoms with Crippen molar-refractivity contribution in [3.63, 3.8) is 0 Å². The van der Waals surface area contributed by atoms with Crippen molar-refractivity contribution in [2.45, 2.75) is 27.7 Å². The first-order chi connectivity index (χ1) is 4.42. The summed E-state index contributed by atoms with van der Waals surface area (Å²) >= 11 is 1.06. The molecule has 2 heteroatoms. The van der Waals surface area contributed by atoms with Crippen LogP contribution in [0.1, 0.15) is 27.7 Å². The van der Waals surface area contributed by atoms with Gasteiger partial charge < -0.3 is 0 Å². The first-order valence-electron chi connectivity index (χ1n) is 3.11. The van der Waals surface area contributed by atoms with E-state index in [-0.39, 0.29) is 10.5 Å². The van der Waals surface area contributed by atoms with Crippen LogP contribution in [0.15, 0.2) is 0 Å². The van der Waals surface area contributed by atoms with Gasteiger partial charge in [0, 0.05) is 12.3 Å². The van der Waals surface area contributed by atoms with Crippen LogP contribution in [-0.4, -0.2) is 5.12 Å². The van der Waals surface area contributed by atoms with E-state index in [2.05, 4.69) is 11.2 Å². The Morgan fingerprint density at radius 2 is 1.90 bits per heavy atom. The van der Waals surface area contributed by atoms with Gasteiger partial charge in [-0.25, -0.2) is 0 Å². The molecule has 0 bridgehead atoms. The van der Waals surface area contributed by atoms with Gasteiger partial charge in [-0.2, -0.15) is 0 Å². The predicted molar refractivity (Wildman–Crippen MR) is 45.5 cm³/mol. The summed E-state index contributed by atoms with van der Waals surface area (Å²) in [7, 11) is 0. The lowest BCUT2D eigenvalue weighted by Gasteiger charge is -2.05. The summed E-state index contributed by atoms with van der Waals surface area (Å²) in [5, 5.41) is 2.79. The van der Waals surface area contributed by atoms with Crippen molar-refractivity contribution in [3.05, 3.63) is 0 Å². The molecule has 1 nitrogen and oxygen atoms in total. The number of thioether (sulfide) groups is 1. The van der Waals surface area contributed by atoms with Crippen LogP contribution in [-0.2, 0) is 4.79 Å². The van der Waals surface area contributed by atoms with Crippen molar-refractivity contribution in [1.82, 2.24) is 0 Å². The van der Waals surface area contributed by atoms with E-state index in [1.54, 1.807) is 0 Å². The molecule has 0 aromatic rings. The standard InChI is InChI=1S/C8H12OS/c1-7(9)10-6-5-8(2,3)4/h1-4H3. The minimum absolute atomic E-state index is 0.00243. The van der Waals surface area contributed by atoms with Crippen LogP contribution in [0.2, 0.25) is 0 Å². The summed E-state index contributed by atoms with van der Waals surface area (Å²) in [5.41, 5.74) is 0.00243. The Hall–Kier alpha value is -0.420. The fraction of sp³-hybridized carbons (Fsp3) is 0.625. The van der Waals surface area contributed by atoms with E-state index in [4.69, 9.17) is 0 Å². The highest BCUT2D eigenvalue weighted by Crippen LogP contribution is 2.11. The Bertz CT molecular complexity index is 178. The predicted octanol–water partition coefficient (Wildman–Crippen LogP) is 2.27. The minimum Gasteiger partial charge on any atom is -0.287 e. The second-order valence-electron chi connectivity index (χ2n) is 3.07. The van der Waals surface area contributed by atoms with Crippen molar-refractivity contribution in [1.29, 1.82) is 0 Å². The molecule has 0 aliphatic rings. The van der Waals surface area contributed by atoms with E-state index in [0.29, 0.717) is 0 Å². The normalized spacial score (nSPS) is 10.0. The molecule has 0 aliphatic carbocycles. The first-order valence-corrected chi connectivity index (χ1v) is 3.93. The van der Waals surface area contributed by atoms with Gasteiger partial charge in [-0.3, -0.25) is 4.79 Å². The molecule has 0 aromatic heterocycles. The van der Waals surface area contributed by atoms with E-state index in [0.717, 1.165) is 11.8 Å². The van der Waals surface area contributed by atoms with Gasteiger partial charge in [-0.05, 0) is 37.8 Å². The van der Waals surface area contributed by atoms with Crippen molar-refractivity contribution in [2.75, 3.05) is 0 Å². The smallest absolute Gasteiger partial charge is 0.198 e. The van der Waals surface area contributed by atoms with E-state index in [1.807, 2.05) is 20.8 Å². The lowest BCUT2D eigenvalue weighted by Crippen LogP contribution is -1.98. The number of carbonyl (C=O) groups excluding carboxylic acids is 1. The molecule has 0 atom stereocenters. The summed E-state index contributed by atoms with van der Waals surface area (Å²) in [6.07, 6.45) is 0. The summed E-state index contributed by atoms with van der Waals surface area (Å²) in [5.74, 6) is 2.95. The highest BCUT2D eigenvalue weighted by atomic mass is 32.2. The lowest BCUT2D eigenvalue weighted by atomic mass is 9.99. The Morgan fingerprint density at radius 1 is 1.40 bits per heavy atom. The van der Waals surface area contributed by atoms with E-state index < -0.39 is 0 Å². The molecule has 0 amide bonds. The summed E-state index contributed by atoms with van der Waals surface area (Å²) in [4.78, 5) is 10.4. The van der Waals surface area contributed by atoms with Gasteiger partial charge >= 0.3 is 0 Å². The fourth-order valence-electron chi connectivity index (χ4n) is 0.250. The van der Waals surface area contributed by atoms with Gasteiger partial charge in [-0.15, -0.1) is 0 Å². The fourth-order valence-corrected chi connectivity index (χ4v) is 0.751. The van der Waals surface area contributed by atoms with Crippen LogP contribution < -0.4 is 0 Å². The maximum absolute atomic E-state index is 10.4. The molecule has 0 aromatic carbocycles. The Labute approximate surface area is 66.6 Å². The molecule has 0 fully saturated rings. The molecule has 0 saturated heterocycles. The molecule has 0 spiro atoms. The molecule has 0 unspecified atom stereocenters. The average molecular weight is 156 g/mol. The molecule has 0 heterocycles. The molecule has 0 radical (unpaired) electrons. The first kappa shape index (κ1) is 9.58. The van der Waals surface area contributed by atoms with Gasteiger partial charge in [0.25, 0.3) is 0 Å². The largest absolute Gasteiger partial charge is 0.287 e. The van der Waals surface area contributed by atoms with Crippen LogP contribution in [0.3, 0.4) is 0 Å². The molecule has 0 saturated carbocycles. The number of hydrogen-bond acceptors (Lipinski definition) is 2. The SMILES string of the molecule is CC(=O)SC#CC(C)(C)C. The van der Waals surface area contributed by atoms with Crippen molar-refractivity contribution in [3.8, 4) is 11.2 Å². The van der Waals surface area contributed by atoms with Crippen LogP contribution in [0.25, 0.3) is 0 Å². The number of rotatable bonds is 0. The molecule has 0 aliphatic heterocycles. The van der Waals surface area contributed by atoms with Gasteiger partial charge in [0.2, 0.25) is 0 Å². The van der Waals surface area contributed by atoms with Crippen LogP contribution >= 0.6 is 11.8 Å². The molecule has 0 N–H and O–H groups in total. The topological polar surface area (TPSA) is 17.1 Å². The molecule has 56 valence electrons. The van der Waals surface area contributed by atoms with Crippen LogP contribution in [0.4, 0.5) is 0 Å².